The molecule has 0 bridgehead atoms. The molecule has 0 fully saturated rings. The number of ether oxygens (including phenoxy) is 2. The molecule has 0 aromatic rings. The summed E-state index contributed by atoms with van der Waals surface area (Å²) in [5.41, 5.74) is 0. The molecule has 0 aliphatic heterocycles. The van der Waals surface area contributed by atoms with Crippen molar-refractivity contribution in [3.63, 3.8) is 0 Å². The SMILES string of the molecule is C#CCOC(CO)OC(=O)C(F)C(F)(F)F. The molecule has 0 aliphatic rings. The molecule has 4 nitrogen and oxygen atoms in total. The molecule has 0 rings (SSSR count). The lowest BCUT2D eigenvalue weighted by atomic mass is 10.4. The maximum absolute atomic E-state index is 12.3. The van der Waals surface area contributed by atoms with E-state index in [2.05, 4.69) is 9.47 Å². The summed E-state index contributed by atoms with van der Waals surface area (Å²) in [5, 5.41) is 8.51. The van der Waals surface area contributed by atoms with Gasteiger partial charge in [0, 0.05) is 0 Å². The lowest BCUT2D eigenvalue weighted by molar-refractivity contribution is -0.221. The Morgan fingerprint density at radius 2 is 2.06 bits per heavy atom. The Kier molecular flexibility index (Phi) is 5.77. The van der Waals surface area contributed by atoms with Crippen molar-refractivity contribution in [3.8, 4) is 12.3 Å². The van der Waals surface area contributed by atoms with Crippen molar-refractivity contribution in [1.29, 1.82) is 0 Å². The Balaban J connectivity index is 4.26. The number of carbonyl (C=O) groups is 1. The molecule has 1 N–H and O–H groups in total. The lowest BCUT2D eigenvalue weighted by Gasteiger charge is -2.17. The van der Waals surface area contributed by atoms with Gasteiger partial charge >= 0.3 is 12.1 Å². The van der Waals surface area contributed by atoms with Crippen LogP contribution in [0.4, 0.5) is 17.6 Å². The highest BCUT2D eigenvalue weighted by molar-refractivity contribution is 5.75. The van der Waals surface area contributed by atoms with Crippen molar-refractivity contribution in [2.45, 2.75) is 18.6 Å². The third kappa shape index (κ3) is 4.95. The topological polar surface area (TPSA) is 55.8 Å². The van der Waals surface area contributed by atoms with E-state index >= 15 is 0 Å². The van der Waals surface area contributed by atoms with E-state index in [0.717, 1.165) is 0 Å². The van der Waals surface area contributed by atoms with Gasteiger partial charge in [-0.1, -0.05) is 5.92 Å². The smallest absolute Gasteiger partial charge is 0.430 e. The zero-order valence-corrected chi connectivity index (χ0v) is 7.83. The number of rotatable bonds is 5. The number of aliphatic hydroxyl groups is 1. The van der Waals surface area contributed by atoms with E-state index in [1.54, 1.807) is 0 Å². The van der Waals surface area contributed by atoms with Crippen LogP contribution in [0.1, 0.15) is 0 Å². The molecule has 92 valence electrons. The van der Waals surface area contributed by atoms with Crippen LogP contribution < -0.4 is 0 Å². The van der Waals surface area contributed by atoms with Gasteiger partial charge in [-0.15, -0.1) is 6.42 Å². The molecule has 0 aromatic carbocycles. The van der Waals surface area contributed by atoms with Crippen molar-refractivity contribution < 1.29 is 36.9 Å². The zero-order chi connectivity index (χ0) is 12.8. The summed E-state index contributed by atoms with van der Waals surface area (Å²) in [4.78, 5) is 10.6. The fraction of sp³-hybridized carbons (Fsp3) is 0.625. The average molecular weight is 244 g/mol. The fourth-order valence-electron chi connectivity index (χ4n) is 0.588. The molecule has 16 heavy (non-hydrogen) atoms. The van der Waals surface area contributed by atoms with E-state index in [0.29, 0.717) is 0 Å². The number of halogens is 4. The minimum atomic E-state index is -5.36. The molecule has 0 saturated heterocycles. The molecule has 2 atom stereocenters. The van der Waals surface area contributed by atoms with Crippen molar-refractivity contribution >= 4 is 5.97 Å². The highest BCUT2D eigenvalue weighted by Gasteiger charge is 2.47. The monoisotopic (exact) mass is 244 g/mol. The first-order valence-electron chi connectivity index (χ1n) is 3.90. The van der Waals surface area contributed by atoms with Gasteiger partial charge in [0.15, 0.2) is 0 Å². The molecule has 8 heteroatoms. The number of hydrogen-bond donors (Lipinski definition) is 1. The van der Waals surface area contributed by atoms with Gasteiger partial charge < -0.3 is 14.6 Å². The first kappa shape index (κ1) is 14.7. The fourth-order valence-corrected chi connectivity index (χ4v) is 0.588. The van der Waals surface area contributed by atoms with Gasteiger partial charge in [0.1, 0.15) is 13.2 Å². The number of terminal acetylenes is 1. The normalized spacial score (nSPS) is 15.0. The van der Waals surface area contributed by atoms with Gasteiger partial charge in [-0.25, -0.2) is 9.18 Å². The Bertz CT molecular complexity index is 270. The molecule has 0 radical (unpaired) electrons. The van der Waals surface area contributed by atoms with Gasteiger partial charge in [-0.3, -0.25) is 0 Å². The van der Waals surface area contributed by atoms with E-state index in [1.165, 1.54) is 0 Å². The Morgan fingerprint density at radius 1 is 1.50 bits per heavy atom. The van der Waals surface area contributed by atoms with Crippen LogP contribution in [-0.4, -0.2) is 42.9 Å². The number of hydrogen-bond acceptors (Lipinski definition) is 4. The summed E-state index contributed by atoms with van der Waals surface area (Å²) in [6.07, 6.45) is -6.12. The summed E-state index contributed by atoms with van der Waals surface area (Å²) >= 11 is 0. The molecule has 0 aliphatic carbocycles. The third-order valence-corrected chi connectivity index (χ3v) is 1.24. The van der Waals surface area contributed by atoms with Gasteiger partial charge in [-0.05, 0) is 0 Å². The van der Waals surface area contributed by atoms with Crippen molar-refractivity contribution in [2.75, 3.05) is 13.2 Å². The quantitative estimate of drug-likeness (QED) is 0.329. The molecule has 0 saturated carbocycles. The van der Waals surface area contributed by atoms with Gasteiger partial charge in [0.2, 0.25) is 6.29 Å². The first-order chi connectivity index (χ1) is 7.32. The van der Waals surface area contributed by atoms with Crippen LogP contribution in [-0.2, 0) is 14.3 Å². The zero-order valence-electron chi connectivity index (χ0n) is 7.83. The second-order valence-corrected chi connectivity index (χ2v) is 2.47. The first-order valence-corrected chi connectivity index (χ1v) is 3.90. The van der Waals surface area contributed by atoms with Gasteiger partial charge in [-0.2, -0.15) is 13.2 Å². The molecular formula is C8H8F4O4. The lowest BCUT2D eigenvalue weighted by Crippen LogP contribution is -2.37. The predicted octanol–water partition coefficient (Wildman–Crippen LogP) is 0.398. The number of aliphatic hydroxyl groups excluding tert-OH is 1. The van der Waals surface area contributed by atoms with Gasteiger partial charge in [0.25, 0.3) is 6.17 Å². The maximum Gasteiger partial charge on any atom is 0.430 e. The van der Waals surface area contributed by atoms with E-state index in [4.69, 9.17) is 11.5 Å². The molecule has 0 aromatic heterocycles. The minimum absolute atomic E-state index is 0.401. The molecule has 0 heterocycles. The van der Waals surface area contributed by atoms with E-state index < -0.39 is 37.8 Å². The molecule has 0 amide bonds. The summed E-state index contributed by atoms with van der Waals surface area (Å²) < 4.78 is 55.7. The predicted molar refractivity (Wildman–Crippen MR) is 42.7 cm³/mol. The number of esters is 1. The minimum Gasteiger partial charge on any atom is -0.431 e. The number of alkyl halides is 4. The van der Waals surface area contributed by atoms with Crippen LogP contribution >= 0.6 is 0 Å². The average Bonchev–Trinajstić information content (AvgIpc) is 2.21. The Hall–Kier alpha value is -1.33. The maximum atomic E-state index is 12.3. The van der Waals surface area contributed by atoms with Crippen molar-refractivity contribution in [3.05, 3.63) is 0 Å². The molecular weight excluding hydrogens is 236 g/mol. The van der Waals surface area contributed by atoms with E-state index in [9.17, 15) is 22.4 Å². The Labute approximate surface area is 88.1 Å². The van der Waals surface area contributed by atoms with Crippen molar-refractivity contribution in [2.24, 2.45) is 0 Å². The van der Waals surface area contributed by atoms with Crippen LogP contribution in [0, 0.1) is 12.3 Å². The summed E-state index contributed by atoms with van der Waals surface area (Å²) in [6.45, 7) is -1.33. The van der Waals surface area contributed by atoms with Crippen LogP contribution in [0.15, 0.2) is 0 Å². The largest absolute Gasteiger partial charge is 0.431 e. The summed E-state index contributed by atoms with van der Waals surface area (Å²) in [7, 11) is 0. The molecule has 2 unspecified atom stereocenters. The highest BCUT2D eigenvalue weighted by atomic mass is 19.4. The Morgan fingerprint density at radius 3 is 2.44 bits per heavy atom. The van der Waals surface area contributed by atoms with Crippen LogP contribution in [0.3, 0.4) is 0 Å². The summed E-state index contributed by atoms with van der Waals surface area (Å²) in [5.74, 6) is -0.267. The van der Waals surface area contributed by atoms with E-state index in [-0.39, 0.29) is 0 Å². The second kappa shape index (κ2) is 6.30. The standard InChI is InChI=1S/C8H8F4O4/c1-2-3-15-5(4-13)16-7(14)6(9)8(10,11)12/h1,5-6,13H,3-4H2. The molecule has 0 spiro atoms. The van der Waals surface area contributed by atoms with Crippen molar-refractivity contribution in [1.82, 2.24) is 0 Å². The van der Waals surface area contributed by atoms with Gasteiger partial charge in [0.05, 0.1) is 0 Å². The van der Waals surface area contributed by atoms with Crippen LogP contribution in [0.5, 0.6) is 0 Å². The van der Waals surface area contributed by atoms with E-state index in [1.807, 2.05) is 5.92 Å². The van der Waals surface area contributed by atoms with Crippen LogP contribution in [0.25, 0.3) is 0 Å². The third-order valence-electron chi connectivity index (χ3n) is 1.24. The second-order valence-electron chi connectivity index (χ2n) is 2.47. The number of carbonyl (C=O) groups excluding carboxylic acids is 1. The summed E-state index contributed by atoms with van der Waals surface area (Å²) in [6, 6.07) is 0. The highest BCUT2D eigenvalue weighted by Crippen LogP contribution is 2.24. The van der Waals surface area contributed by atoms with Crippen LogP contribution in [0.2, 0.25) is 0 Å².